The third-order valence-electron chi connectivity index (χ3n) is 6.97. The van der Waals surface area contributed by atoms with Crippen LogP contribution in [0.15, 0.2) is 18.2 Å². The molecule has 0 spiro atoms. The molecule has 200 valence electrons. The number of ether oxygens (including phenoxy) is 2. The van der Waals surface area contributed by atoms with Crippen LogP contribution in [-0.4, -0.2) is 60.5 Å². The Bertz CT molecular complexity index is 1220. The first-order valence-electron chi connectivity index (χ1n) is 12.4. The fraction of sp³-hybridized carbons (Fsp3) is 0.538. The largest absolute Gasteiger partial charge is 0.496 e. The maximum absolute atomic E-state index is 14.3. The number of aromatic nitrogens is 1. The Kier molecular flexibility index (Phi) is 7.42. The van der Waals surface area contributed by atoms with Crippen LogP contribution in [0.1, 0.15) is 56.4 Å². The van der Waals surface area contributed by atoms with Crippen molar-refractivity contribution in [2.75, 3.05) is 14.2 Å². The molecule has 2 heterocycles. The van der Waals surface area contributed by atoms with Crippen molar-refractivity contribution in [3.8, 4) is 5.75 Å². The van der Waals surface area contributed by atoms with Crippen molar-refractivity contribution in [2.45, 2.75) is 63.6 Å². The Labute approximate surface area is 214 Å². The zero-order valence-electron chi connectivity index (χ0n) is 21.4. The average molecular weight is 517 g/mol. The number of nitrogens with one attached hydrogen (secondary N) is 4. The molecule has 4 rings (SSSR count). The van der Waals surface area contributed by atoms with Crippen LogP contribution in [0.3, 0.4) is 0 Å². The van der Waals surface area contributed by atoms with E-state index in [2.05, 4.69) is 20.9 Å². The van der Waals surface area contributed by atoms with Crippen molar-refractivity contribution in [3.63, 3.8) is 0 Å². The third kappa shape index (κ3) is 6.03. The lowest BCUT2D eigenvalue weighted by molar-refractivity contribution is -0.146. The minimum Gasteiger partial charge on any atom is -0.496 e. The number of hydrogen-bond donors (Lipinski definition) is 4. The van der Waals surface area contributed by atoms with Crippen molar-refractivity contribution in [1.29, 1.82) is 0 Å². The minimum absolute atomic E-state index is 0.0707. The molecule has 1 aliphatic heterocycles. The summed E-state index contributed by atoms with van der Waals surface area (Å²) in [5, 5.41) is 8.70. The number of rotatable bonds is 10. The number of carbonyl (C=O) groups is 4. The predicted molar refractivity (Wildman–Crippen MR) is 132 cm³/mol. The first kappa shape index (κ1) is 26.4. The number of aromatic amines is 1. The number of esters is 1. The molecule has 1 aromatic carbocycles. The summed E-state index contributed by atoms with van der Waals surface area (Å²) in [6, 6.07) is 2.19. The highest BCUT2D eigenvalue weighted by Crippen LogP contribution is 2.34. The van der Waals surface area contributed by atoms with Gasteiger partial charge in [-0.15, -0.1) is 0 Å². The van der Waals surface area contributed by atoms with E-state index in [1.807, 2.05) is 13.8 Å². The number of H-pyrrole nitrogens is 1. The lowest BCUT2D eigenvalue weighted by Crippen LogP contribution is -2.52. The third-order valence-corrected chi connectivity index (χ3v) is 6.97. The predicted octanol–water partition coefficient (Wildman–Crippen LogP) is 2.18. The molecule has 37 heavy (non-hydrogen) atoms. The zero-order valence-corrected chi connectivity index (χ0v) is 21.4. The van der Waals surface area contributed by atoms with Gasteiger partial charge in [0.25, 0.3) is 5.91 Å². The van der Waals surface area contributed by atoms with Gasteiger partial charge >= 0.3 is 5.97 Å². The molecule has 2 aliphatic rings. The molecule has 2 aromatic rings. The second-order valence-corrected chi connectivity index (χ2v) is 10.5. The van der Waals surface area contributed by atoms with Crippen molar-refractivity contribution in [1.82, 2.24) is 20.9 Å². The van der Waals surface area contributed by atoms with Crippen LogP contribution in [0, 0.1) is 17.7 Å². The molecule has 3 amide bonds. The molecule has 0 bridgehead atoms. The standard InChI is InChI=1S/C26H33FN4O6/c1-26(2)12-14(22(32)31-26)10-19(25(35)37-4)30-23(33)17(9-13-5-6-13)29-24(34)18-11-15-20(36-3)8-7-16(27)21(15)28-18/h7-8,11,13-14,17,19,28H,5-6,9-10,12H2,1-4H3,(H,29,34)(H,30,33)(H,31,32)/t14-,17+,19+/m1/s1. The van der Waals surface area contributed by atoms with Gasteiger partial charge in [-0.05, 0) is 57.2 Å². The minimum atomic E-state index is -1.05. The summed E-state index contributed by atoms with van der Waals surface area (Å²) in [6.07, 6.45) is 2.86. The van der Waals surface area contributed by atoms with E-state index >= 15 is 0 Å². The maximum Gasteiger partial charge on any atom is 0.328 e. The van der Waals surface area contributed by atoms with Gasteiger partial charge in [0.1, 0.15) is 29.3 Å². The molecule has 1 aliphatic carbocycles. The molecular weight excluding hydrogens is 483 g/mol. The smallest absolute Gasteiger partial charge is 0.328 e. The fourth-order valence-electron chi connectivity index (χ4n) is 4.91. The Hall–Kier alpha value is -3.63. The number of methoxy groups -OCH3 is 2. The van der Waals surface area contributed by atoms with E-state index < -0.39 is 47.1 Å². The highest BCUT2D eigenvalue weighted by Gasteiger charge is 2.41. The number of benzene rings is 1. The van der Waals surface area contributed by atoms with Crippen molar-refractivity contribution < 1.29 is 33.0 Å². The number of hydrogen-bond acceptors (Lipinski definition) is 6. The van der Waals surface area contributed by atoms with E-state index in [9.17, 15) is 23.6 Å². The molecule has 11 heteroatoms. The molecule has 2 fully saturated rings. The van der Waals surface area contributed by atoms with Gasteiger partial charge < -0.3 is 30.4 Å². The lowest BCUT2D eigenvalue weighted by atomic mass is 9.91. The molecular formula is C26H33FN4O6. The van der Waals surface area contributed by atoms with E-state index in [0.717, 1.165) is 12.8 Å². The first-order valence-corrected chi connectivity index (χ1v) is 12.4. The second-order valence-electron chi connectivity index (χ2n) is 10.5. The van der Waals surface area contributed by atoms with Crippen LogP contribution < -0.4 is 20.7 Å². The molecule has 0 unspecified atom stereocenters. The Morgan fingerprint density at radius 1 is 1.14 bits per heavy atom. The summed E-state index contributed by atoms with van der Waals surface area (Å²) in [7, 11) is 2.66. The van der Waals surface area contributed by atoms with Gasteiger partial charge in [0.05, 0.1) is 19.7 Å². The van der Waals surface area contributed by atoms with Crippen LogP contribution >= 0.6 is 0 Å². The Morgan fingerprint density at radius 3 is 2.46 bits per heavy atom. The molecule has 1 saturated heterocycles. The zero-order chi connectivity index (χ0) is 26.9. The van der Waals surface area contributed by atoms with Gasteiger partial charge in [-0.2, -0.15) is 0 Å². The number of carbonyl (C=O) groups excluding carboxylic acids is 4. The van der Waals surface area contributed by atoms with E-state index in [1.165, 1.54) is 32.4 Å². The summed E-state index contributed by atoms with van der Waals surface area (Å²) in [4.78, 5) is 54.0. The molecule has 0 radical (unpaired) electrons. The highest BCUT2D eigenvalue weighted by molar-refractivity contribution is 6.02. The topological polar surface area (TPSA) is 139 Å². The Morgan fingerprint density at radius 2 is 1.86 bits per heavy atom. The molecule has 10 nitrogen and oxygen atoms in total. The average Bonchev–Trinajstić information content (AvgIpc) is 3.47. The van der Waals surface area contributed by atoms with Crippen LogP contribution in [0.4, 0.5) is 4.39 Å². The summed E-state index contributed by atoms with van der Waals surface area (Å²) in [6.45, 7) is 3.78. The number of halogens is 1. The van der Waals surface area contributed by atoms with E-state index in [1.54, 1.807) is 0 Å². The molecule has 3 atom stereocenters. The van der Waals surface area contributed by atoms with Crippen LogP contribution in [0.25, 0.3) is 10.9 Å². The number of fused-ring (bicyclic) bond motifs is 1. The normalized spacial score (nSPS) is 20.1. The van der Waals surface area contributed by atoms with Crippen molar-refractivity contribution in [2.24, 2.45) is 11.8 Å². The maximum atomic E-state index is 14.3. The summed E-state index contributed by atoms with van der Waals surface area (Å²) in [5.41, 5.74) is -0.214. The molecule has 4 N–H and O–H groups in total. The molecule has 1 saturated carbocycles. The van der Waals surface area contributed by atoms with E-state index in [-0.39, 0.29) is 29.5 Å². The van der Waals surface area contributed by atoms with Crippen molar-refractivity contribution >= 4 is 34.6 Å². The van der Waals surface area contributed by atoms with Crippen LogP contribution in [0.5, 0.6) is 5.75 Å². The van der Waals surface area contributed by atoms with Gasteiger partial charge in [0, 0.05) is 16.8 Å². The summed E-state index contributed by atoms with van der Waals surface area (Å²) >= 11 is 0. The molecule has 1 aromatic heterocycles. The van der Waals surface area contributed by atoms with E-state index in [0.29, 0.717) is 24.0 Å². The SMILES string of the molecule is COC(=O)[C@H](C[C@@H]1CC(C)(C)NC1=O)NC(=O)[C@H](CC1CC1)NC(=O)c1cc2c(OC)ccc(F)c2[nH]1. The first-order chi connectivity index (χ1) is 17.5. The van der Waals surface area contributed by atoms with Gasteiger partial charge in [-0.1, -0.05) is 12.8 Å². The summed E-state index contributed by atoms with van der Waals surface area (Å²) in [5.74, 6) is -2.32. The van der Waals surface area contributed by atoms with Crippen LogP contribution in [-0.2, 0) is 19.1 Å². The van der Waals surface area contributed by atoms with Crippen LogP contribution in [0.2, 0.25) is 0 Å². The lowest BCUT2D eigenvalue weighted by Gasteiger charge is -2.23. The Balaban J connectivity index is 1.50. The van der Waals surface area contributed by atoms with Crippen molar-refractivity contribution in [3.05, 3.63) is 29.7 Å². The van der Waals surface area contributed by atoms with Gasteiger partial charge in [0.15, 0.2) is 0 Å². The highest BCUT2D eigenvalue weighted by atomic mass is 19.1. The van der Waals surface area contributed by atoms with Gasteiger partial charge in [-0.3, -0.25) is 14.4 Å². The fourth-order valence-corrected chi connectivity index (χ4v) is 4.91. The van der Waals surface area contributed by atoms with Gasteiger partial charge in [0.2, 0.25) is 11.8 Å². The summed E-state index contributed by atoms with van der Waals surface area (Å²) < 4.78 is 24.4. The number of amides is 3. The van der Waals surface area contributed by atoms with Gasteiger partial charge in [-0.25, -0.2) is 9.18 Å². The second kappa shape index (κ2) is 10.4. The quantitative estimate of drug-likeness (QED) is 0.357. The van der Waals surface area contributed by atoms with E-state index in [4.69, 9.17) is 9.47 Å². The monoisotopic (exact) mass is 516 g/mol.